The van der Waals surface area contributed by atoms with E-state index in [0.717, 1.165) is 133 Å². The Labute approximate surface area is 719 Å². The van der Waals surface area contributed by atoms with Gasteiger partial charge in [0.2, 0.25) is 5.91 Å². The second kappa shape index (κ2) is 40.0. The van der Waals surface area contributed by atoms with Crippen molar-refractivity contribution in [1.29, 1.82) is 0 Å². The number of hydrogen-bond acceptors (Lipinski definition) is 8. The zero-order chi connectivity index (χ0) is 85.0. The molecule has 0 aliphatic carbocycles. The summed E-state index contributed by atoms with van der Waals surface area (Å²) in [6.07, 6.45) is 26.3. The topological polar surface area (TPSA) is 278 Å². The van der Waals surface area contributed by atoms with E-state index in [2.05, 4.69) is 228 Å². The predicted octanol–water partition coefficient (Wildman–Crippen LogP) is 23.4. The Morgan fingerprint density at radius 3 is 1.25 bits per heavy atom. The monoisotopic (exact) mass is 1690 g/mol. The molecule has 123 heavy (non-hydrogen) atoms. The van der Waals surface area contributed by atoms with Crippen LogP contribution in [0.25, 0.3) is 121 Å². The lowest BCUT2D eigenvalue weighted by molar-refractivity contribution is -0.143. The largest absolute Gasteiger partial charge is 0.466 e. The molecule has 0 spiro atoms. The van der Waals surface area contributed by atoms with Crippen LogP contribution in [-0.2, 0) is 33.4 Å². The maximum Gasteiger partial charge on any atom is 0.331 e. The Morgan fingerprint density at radius 2 is 0.764 bits per heavy atom. The molecule has 20 aromatic rings. The Hall–Kier alpha value is -14.6. The van der Waals surface area contributed by atoms with Crippen molar-refractivity contribution < 1.29 is 33.4 Å². The molecule has 0 saturated carbocycles. The Morgan fingerprint density at radius 1 is 0.374 bits per heavy atom. The first-order chi connectivity index (χ1) is 60.3. The summed E-state index contributed by atoms with van der Waals surface area (Å²) in [4.78, 5) is 80.3. The third-order valence-electron chi connectivity index (χ3n) is 22.1. The standard InChI is InChI=1S/C21H20N2O2.C21H18N2O2.C20H19N3O.C20H21N3.C13H13NO2.C8H6BrN/c2*1-2-25-21(24)12-17(15-8-7-14-9-10-22-20(14)11-15)18-13-23-19-6-4-3-5-16(18)19;1-21-20(24)11-16(14-7-6-13-8-9-22-19(13)10-14)17-12-23-18-5-3-2-4-15(17)18;1-21-10-9-16(15-7-6-14-8-11-22-20(14)12-15)18-13-23-19-5-3-2-4-17(18)19;1-2-16-13(15)8-7-10-9-14-12-6-4-3-5-11(10)12;9-7-2-1-6-3-4-10-8(6)5-7/h3-11,13,17,22-23H,2,12H2,1H3;3-13,22-23H,2H2,1H3;2-10,12,16,22-23H,11H2,1H3,(H,21,24);2-8,11-13,16,21-23H,9-10H2,1H3;3-9,14H,2H2,1H3;1-5,10H/b;17-12-;;;8-7-;. The van der Waals surface area contributed by atoms with Crippen molar-refractivity contribution in [3.63, 3.8) is 0 Å². The van der Waals surface area contributed by atoms with E-state index in [1.165, 1.54) is 55.3 Å². The number of carbonyl (C=O) groups is 4. The number of amides is 1. The van der Waals surface area contributed by atoms with Gasteiger partial charge in [-0.25, -0.2) is 9.59 Å². The maximum atomic E-state index is 12.2. The van der Waals surface area contributed by atoms with Gasteiger partial charge in [-0.2, -0.15) is 0 Å². The molecule has 20 rings (SSSR count). The van der Waals surface area contributed by atoms with Gasteiger partial charge < -0.3 is 74.7 Å². The summed E-state index contributed by atoms with van der Waals surface area (Å²) >= 11 is 3.40. The zero-order valence-electron chi connectivity index (χ0n) is 69.0. The molecule has 0 fully saturated rings. The van der Waals surface area contributed by atoms with E-state index in [4.69, 9.17) is 14.2 Å². The number of benzene rings is 10. The van der Waals surface area contributed by atoms with Crippen LogP contribution in [0.3, 0.4) is 0 Å². The molecule has 3 unspecified atom stereocenters. The second-order valence-corrected chi connectivity index (χ2v) is 30.6. The maximum absolute atomic E-state index is 12.2. The fraction of sp³-hybridized carbons (Fsp3) is 0.146. The van der Waals surface area contributed by atoms with Crippen molar-refractivity contribution in [2.75, 3.05) is 40.5 Å². The number of rotatable bonds is 21. The molecule has 10 aromatic carbocycles. The Bertz CT molecular complexity index is 7050. The van der Waals surface area contributed by atoms with E-state index in [9.17, 15) is 19.2 Å². The number of para-hydroxylation sites is 5. The number of aromatic amines is 10. The number of ether oxygens (including phenoxy) is 3. The van der Waals surface area contributed by atoms with Gasteiger partial charge in [-0.1, -0.05) is 162 Å². The number of aromatic nitrogens is 10. The van der Waals surface area contributed by atoms with Crippen molar-refractivity contribution in [3.05, 3.63) is 371 Å². The molecule has 12 N–H and O–H groups in total. The average molecular weight is 1690 g/mol. The summed E-state index contributed by atoms with van der Waals surface area (Å²) in [5, 5.41) is 17.8. The van der Waals surface area contributed by atoms with E-state index in [1.807, 2.05) is 174 Å². The zero-order valence-corrected chi connectivity index (χ0v) is 70.6. The lowest BCUT2D eigenvalue weighted by atomic mass is 9.87. The Balaban J connectivity index is 0.000000116. The molecule has 0 saturated heterocycles. The predicted molar refractivity (Wildman–Crippen MR) is 504 cm³/mol. The first-order valence-electron chi connectivity index (χ1n) is 41.4. The van der Waals surface area contributed by atoms with E-state index >= 15 is 0 Å². The van der Waals surface area contributed by atoms with E-state index in [1.54, 1.807) is 26.1 Å². The van der Waals surface area contributed by atoms with Crippen LogP contribution in [0.15, 0.2) is 321 Å². The quantitative estimate of drug-likeness (QED) is 0.0186. The highest BCUT2D eigenvalue weighted by Crippen LogP contribution is 2.39. The summed E-state index contributed by atoms with van der Waals surface area (Å²) in [5.74, 6) is -0.452. The third kappa shape index (κ3) is 20.0. The van der Waals surface area contributed by atoms with Crippen LogP contribution >= 0.6 is 15.9 Å². The molecule has 19 nitrogen and oxygen atoms in total. The van der Waals surface area contributed by atoms with Crippen LogP contribution < -0.4 is 10.6 Å². The fourth-order valence-corrected chi connectivity index (χ4v) is 16.4. The number of halogens is 1. The molecule has 0 aliphatic heterocycles. The minimum atomic E-state index is -0.339. The smallest absolute Gasteiger partial charge is 0.331 e. The van der Waals surface area contributed by atoms with E-state index in [-0.39, 0.29) is 35.7 Å². The van der Waals surface area contributed by atoms with Gasteiger partial charge in [-0.05, 0) is 215 Å². The van der Waals surface area contributed by atoms with E-state index < -0.39 is 0 Å². The van der Waals surface area contributed by atoms with Gasteiger partial charge in [0.25, 0.3) is 0 Å². The molecule has 10 heterocycles. The lowest BCUT2D eigenvalue weighted by Crippen LogP contribution is -2.21. The third-order valence-corrected chi connectivity index (χ3v) is 22.6. The number of nitrogens with one attached hydrogen (secondary N) is 12. The highest BCUT2D eigenvalue weighted by molar-refractivity contribution is 9.10. The summed E-state index contributed by atoms with van der Waals surface area (Å²) in [5.41, 5.74) is 22.1. The molecule has 10 aromatic heterocycles. The lowest BCUT2D eigenvalue weighted by Gasteiger charge is -2.17. The van der Waals surface area contributed by atoms with Gasteiger partial charge in [0.15, 0.2) is 0 Å². The van der Waals surface area contributed by atoms with Crippen LogP contribution in [0.1, 0.15) is 108 Å². The molecular weight excluding hydrogens is 1600 g/mol. The summed E-state index contributed by atoms with van der Waals surface area (Å²) in [6.45, 7) is 7.58. The van der Waals surface area contributed by atoms with Gasteiger partial charge in [0.1, 0.15) is 0 Å². The second-order valence-electron chi connectivity index (χ2n) is 29.7. The van der Waals surface area contributed by atoms with E-state index in [0.29, 0.717) is 38.6 Å². The molecule has 0 radical (unpaired) electrons. The van der Waals surface area contributed by atoms with Crippen molar-refractivity contribution in [3.8, 4) is 0 Å². The SMILES string of the molecule is Brc1ccc2cc[nH]c2c1.CCOC(=O)/C=C(/c1ccc2cc[nH]c2c1)c1c[nH]c2ccccc12.CCOC(=O)/C=C\c1c[nH]c2ccccc12.CCOC(=O)CC(c1ccc2cc[nH]c2c1)c1c[nH]c2ccccc12.CNC(=O)CC(c1ccc2cc[nH]c2c1)c1c[nH]c2ccccc12.CNCCC(c1ccc2cc[nH]c2c1)c1c[nH]c2ccccc12. The molecular formula is C103H97BrN12O7. The first-order valence-corrected chi connectivity index (χ1v) is 42.2. The van der Waals surface area contributed by atoms with Crippen LogP contribution in [0, 0.1) is 0 Å². The summed E-state index contributed by atoms with van der Waals surface area (Å²) in [7, 11) is 3.70. The highest BCUT2D eigenvalue weighted by atomic mass is 79.9. The number of hydrogen-bond donors (Lipinski definition) is 12. The summed E-state index contributed by atoms with van der Waals surface area (Å²) in [6, 6.07) is 83.0. The van der Waals surface area contributed by atoms with Gasteiger partial charge in [-0.15, -0.1) is 0 Å². The van der Waals surface area contributed by atoms with Crippen LogP contribution in [0.5, 0.6) is 0 Å². The van der Waals surface area contributed by atoms with Crippen LogP contribution in [0.2, 0.25) is 0 Å². The number of fused-ring (bicyclic) bond motifs is 10. The first kappa shape index (κ1) is 83.5. The van der Waals surface area contributed by atoms with Gasteiger partial charge >= 0.3 is 17.9 Å². The minimum Gasteiger partial charge on any atom is -0.466 e. The van der Waals surface area contributed by atoms with Crippen LogP contribution in [0.4, 0.5) is 0 Å². The normalized spacial score (nSPS) is 12.1. The average Bonchev–Trinajstić information content (AvgIpc) is 1.67. The van der Waals surface area contributed by atoms with Gasteiger partial charge in [-0.3, -0.25) is 9.59 Å². The van der Waals surface area contributed by atoms with Crippen molar-refractivity contribution >= 4 is 160 Å². The molecule has 0 bridgehead atoms. The number of carbonyl (C=O) groups excluding carboxylic acids is 4. The fourth-order valence-electron chi connectivity index (χ4n) is 16.0. The highest BCUT2D eigenvalue weighted by Gasteiger charge is 2.25. The van der Waals surface area contributed by atoms with Gasteiger partial charge in [0.05, 0.1) is 26.2 Å². The molecule has 618 valence electrons. The number of esters is 3. The Kier molecular flexibility index (Phi) is 27.1. The number of H-pyrrole nitrogens is 10. The van der Waals surface area contributed by atoms with Crippen molar-refractivity contribution in [2.24, 2.45) is 0 Å². The van der Waals surface area contributed by atoms with Gasteiger partial charge in [0, 0.05) is 203 Å². The summed E-state index contributed by atoms with van der Waals surface area (Å²) < 4.78 is 16.3. The minimum absolute atomic E-state index is 0.00815. The molecule has 20 heteroatoms. The van der Waals surface area contributed by atoms with Crippen LogP contribution in [-0.4, -0.2) is 114 Å². The molecule has 3 atom stereocenters. The van der Waals surface area contributed by atoms with Crippen molar-refractivity contribution in [2.45, 2.75) is 57.8 Å². The van der Waals surface area contributed by atoms with Crippen molar-refractivity contribution in [1.82, 2.24) is 60.5 Å². The molecule has 1 amide bonds. The molecule has 0 aliphatic rings.